The van der Waals surface area contributed by atoms with E-state index >= 15 is 0 Å². The van der Waals surface area contributed by atoms with Crippen molar-refractivity contribution in [3.05, 3.63) is 41.3 Å². The molecule has 0 atom stereocenters. The third kappa shape index (κ3) is 3.46. The summed E-state index contributed by atoms with van der Waals surface area (Å²) in [5.74, 6) is -0.169. The summed E-state index contributed by atoms with van der Waals surface area (Å²) < 4.78 is 13.3. The predicted octanol–water partition coefficient (Wildman–Crippen LogP) is 3.44. The molecule has 1 saturated heterocycles. The normalized spacial score (nSPS) is 19.3. The number of hydrogen-bond acceptors (Lipinski definition) is 3. The fraction of sp³-hybridized carbons (Fsp3) is 0.500. The molecule has 0 N–H and O–H groups in total. The molecule has 0 bridgehead atoms. The number of halogens is 1. The smallest absolute Gasteiger partial charge is 0.277 e. The van der Waals surface area contributed by atoms with E-state index in [9.17, 15) is 14.0 Å². The molecule has 1 aromatic rings. The van der Waals surface area contributed by atoms with Gasteiger partial charge in [0.05, 0.1) is 5.57 Å². The first kappa shape index (κ1) is 17.6. The number of hydrogen-bond donors (Lipinski definition) is 0. The summed E-state index contributed by atoms with van der Waals surface area (Å²) >= 11 is 0. The molecule has 2 amide bonds. The lowest BCUT2D eigenvalue weighted by atomic mass is 9.97. The molecular formula is C20H25FN2O2. The molecule has 0 radical (unpaired) electrons. The molecule has 1 aromatic carbocycles. The van der Waals surface area contributed by atoms with Crippen molar-refractivity contribution in [3.63, 3.8) is 0 Å². The minimum atomic E-state index is -0.350. The van der Waals surface area contributed by atoms with Crippen LogP contribution in [0.15, 0.2) is 30.0 Å². The lowest BCUT2D eigenvalue weighted by Crippen LogP contribution is -2.38. The van der Waals surface area contributed by atoms with E-state index in [0.29, 0.717) is 29.3 Å². The van der Waals surface area contributed by atoms with E-state index in [1.165, 1.54) is 17.0 Å². The lowest BCUT2D eigenvalue weighted by molar-refractivity contribution is -0.137. The van der Waals surface area contributed by atoms with E-state index in [1.807, 2.05) is 11.8 Å². The molecule has 5 heteroatoms. The second-order valence-corrected chi connectivity index (χ2v) is 7.02. The van der Waals surface area contributed by atoms with Crippen molar-refractivity contribution in [2.45, 2.75) is 39.5 Å². The minimum absolute atomic E-state index is 0.202. The Morgan fingerprint density at radius 2 is 1.72 bits per heavy atom. The van der Waals surface area contributed by atoms with Gasteiger partial charge in [0.25, 0.3) is 11.8 Å². The van der Waals surface area contributed by atoms with Gasteiger partial charge in [0.15, 0.2) is 0 Å². The van der Waals surface area contributed by atoms with Crippen LogP contribution in [-0.4, -0.2) is 41.2 Å². The van der Waals surface area contributed by atoms with Gasteiger partial charge < -0.3 is 4.90 Å². The summed E-state index contributed by atoms with van der Waals surface area (Å²) in [5, 5.41) is 0. The lowest BCUT2D eigenvalue weighted by Gasteiger charge is -2.32. The van der Waals surface area contributed by atoms with Crippen molar-refractivity contribution in [1.29, 1.82) is 0 Å². The molecule has 134 valence electrons. The summed E-state index contributed by atoms with van der Waals surface area (Å²) in [6, 6.07) is 5.85. The van der Waals surface area contributed by atoms with Crippen LogP contribution >= 0.6 is 0 Å². The van der Waals surface area contributed by atoms with Crippen LogP contribution in [0.4, 0.5) is 4.39 Å². The van der Waals surface area contributed by atoms with Crippen molar-refractivity contribution in [1.82, 2.24) is 9.80 Å². The van der Waals surface area contributed by atoms with Gasteiger partial charge in [0.1, 0.15) is 11.5 Å². The molecule has 0 aliphatic carbocycles. The summed E-state index contributed by atoms with van der Waals surface area (Å²) in [4.78, 5) is 29.3. The van der Waals surface area contributed by atoms with E-state index in [-0.39, 0.29) is 17.6 Å². The van der Waals surface area contributed by atoms with E-state index in [2.05, 4.69) is 6.92 Å². The molecule has 0 spiro atoms. The van der Waals surface area contributed by atoms with Crippen LogP contribution in [0.2, 0.25) is 0 Å². The molecule has 4 nitrogen and oxygen atoms in total. The maximum Gasteiger partial charge on any atom is 0.277 e. The van der Waals surface area contributed by atoms with E-state index in [0.717, 1.165) is 38.8 Å². The van der Waals surface area contributed by atoms with Gasteiger partial charge in [0.2, 0.25) is 0 Å². The van der Waals surface area contributed by atoms with Gasteiger partial charge in [-0.3, -0.25) is 14.5 Å². The Balaban J connectivity index is 1.99. The first-order valence-corrected chi connectivity index (χ1v) is 9.14. The maximum atomic E-state index is 13.3. The van der Waals surface area contributed by atoms with Gasteiger partial charge in [-0.25, -0.2) is 4.39 Å². The average molecular weight is 344 g/mol. The molecular weight excluding hydrogens is 319 g/mol. The summed E-state index contributed by atoms with van der Waals surface area (Å²) in [7, 11) is 0. The van der Waals surface area contributed by atoms with Gasteiger partial charge in [-0.2, -0.15) is 0 Å². The Morgan fingerprint density at radius 1 is 1.08 bits per heavy atom. The number of unbranched alkanes of at least 4 members (excludes halogenated alkanes) is 1. The van der Waals surface area contributed by atoms with Crippen molar-refractivity contribution in [3.8, 4) is 0 Å². The Hall–Kier alpha value is -2.17. The van der Waals surface area contributed by atoms with Gasteiger partial charge >= 0.3 is 0 Å². The number of rotatable bonds is 5. The van der Waals surface area contributed by atoms with Crippen LogP contribution in [0.25, 0.3) is 5.57 Å². The molecule has 3 rings (SSSR count). The van der Waals surface area contributed by atoms with E-state index in [1.54, 1.807) is 12.1 Å². The fourth-order valence-corrected chi connectivity index (χ4v) is 3.48. The summed E-state index contributed by atoms with van der Waals surface area (Å²) in [5.41, 5.74) is 1.54. The SMILES string of the molecule is CCCCN1C(=O)C(c2ccc(F)cc2)=C(N2CCC(C)CC2)C1=O. The van der Waals surface area contributed by atoms with E-state index in [4.69, 9.17) is 0 Å². The van der Waals surface area contributed by atoms with Crippen molar-refractivity contribution in [2.75, 3.05) is 19.6 Å². The molecule has 2 aliphatic heterocycles. The fourth-order valence-electron chi connectivity index (χ4n) is 3.48. The van der Waals surface area contributed by atoms with Crippen molar-refractivity contribution >= 4 is 17.4 Å². The molecule has 1 fully saturated rings. The summed E-state index contributed by atoms with van der Waals surface area (Å²) in [6.45, 7) is 6.24. The number of nitrogens with zero attached hydrogens (tertiary/aromatic N) is 2. The second-order valence-electron chi connectivity index (χ2n) is 7.02. The monoisotopic (exact) mass is 344 g/mol. The van der Waals surface area contributed by atoms with E-state index < -0.39 is 0 Å². The highest BCUT2D eigenvalue weighted by Gasteiger charge is 2.41. The van der Waals surface area contributed by atoms with Gasteiger partial charge in [-0.1, -0.05) is 32.4 Å². The van der Waals surface area contributed by atoms with Gasteiger partial charge in [0, 0.05) is 19.6 Å². The predicted molar refractivity (Wildman–Crippen MR) is 94.9 cm³/mol. The largest absolute Gasteiger partial charge is 0.366 e. The number of amides is 2. The molecule has 2 heterocycles. The van der Waals surface area contributed by atoms with Crippen LogP contribution in [0.1, 0.15) is 45.1 Å². The zero-order chi connectivity index (χ0) is 18.0. The Labute approximate surface area is 148 Å². The Morgan fingerprint density at radius 3 is 2.32 bits per heavy atom. The quantitative estimate of drug-likeness (QED) is 0.768. The van der Waals surface area contributed by atoms with Crippen LogP contribution in [0, 0.1) is 11.7 Å². The average Bonchev–Trinajstić information content (AvgIpc) is 2.85. The highest BCUT2D eigenvalue weighted by Crippen LogP contribution is 2.34. The maximum absolute atomic E-state index is 13.3. The van der Waals surface area contributed by atoms with Crippen LogP contribution in [-0.2, 0) is 9.59 Å². The second kappa shape index (κ2) is 7.38. The Kier molecular flexibility index (Phi) is 5.21. The number of carbonyl (C=O) groups excluding carboxylic acids is 2. The Bertz CT molecular complexity index is 688. The third-order valence-electron chi connectivity index (χ3n) is 5.11. The third-order valence-corrected chi connectivity index (χ3v) is 5.11. The molecule has 0 saturated carbocycles. The molecule has 2 aliphatic rings. The molecule has 25 heavy (non-hydrogen) atoms. The van der Waals surface area contributed by atoms with Crippen LogP contribution in [0.5, 0.6) is 0 Å². The highest BCUT2D eigenvalue weighted by atomic mass is 19.1. The standard InChI is InChI=1S/C20H25FN2O2/c1-3-4-11-23-19(24)17(15-5-7-16(21)8-6-15)18(20(23)25)22-12-9-14(2)10-13-22/h5-8,14H,3-4,9-13H2,1-2H3. The zero-order valence-electron chi connectivity index (χ0n) is 14.9. The number of imide groups is 1. The van der Waals surface area contributed by atoms with Gasteiger partial charge in [-0.15, -0.1) is 0 Å². The minimum Gasteiger partial charge on any atom is -0.366 e. The molecule has 0 unspecified atom stereocenters. The zero-order valence-corrected chi connectivity index (χ0v) is 14.9. The van der Waals surface area contributed by atoms with Crippen LogP contribution in [0.3, 0.4) is 0 Å². The first-order valence-electron chi connectivity index (χ1n) is 9.14. The van der Waals surface area contributed by atoms with Crippen LogP contribution < -0.4 is 0 Å². The topological polar surface area (TPSA) is 40.6 Å². The first-order chi connectivity index (χ1) is 12.0. The molecule has 0 aromatic heterocycles. The number of piperidine rings is 1. The summed E-state index contributed by atoms with van der Waals surface area (Å²) in [6.07, 6.45) is 3.73. The highest BCUT2D eigenvalue weighted by molar-refractivity contribution is 6.35. The number of carbonyl (C=O) groups is 2. The van der Waals surface area contributed by atoms with Crippen molar-refractivity contribution in [2.24, 2.45) is 5.92 Å². The number of likely N-dealkylation sites (tertiary alicyclic amines) is 1. The van der Waals surface area contributed by atoms with Gasteiger partial charge in [-0.05, 0) is 42.9 Å². The van der Waals surface area contributed by atoms with Crippen molar-refractivity contribution < 1.29 is 14.0 Å². The number of benzene rings is 1.